The van der Waals surface area contributed by atoms with Crippen molar-refractivity contribution in [2.45, 2.75) is 67.0 Å². The number of rotatable bonds is 8. The lowest BCUT2D eigenvalue weighted by Crippen LogP contribution is -2.52. The van der Waals surface area contributed by atoms with Crippen LogP contribution in [0, 0.1) is 27.7 Å². The lowest BCUT2D eigenvalue weighted by atomic mass is 9.36. The summed E-state index contributed by atoms with van der Waals surface area (Å²) in [5, 5.41) is 5.33. The van der Waals surface area contributed by atoms with Crippen LogP contribution in [0.3, 0.4) is 0 Å². The molecule has 0 unspecified atom stereocenters. The van der Waals surface area contributed by atoms with Crippen molar-refractivity contribution >= 4 is 77.5 Å². The normalized spacial score (nSPS) is 12.3. The average molecular weight is 750 g/mol. The Morgan fingerprint density at radius 2 is 0.927 bits per heavy atom. The average Bonchev–Trinajstić information content (AvgIpc) is 3.11. The van der Waals surface area contributed by atoms with Crippen molar-refractivity contribution in [1.29, 1.82) is 0 Å². The predicted octanol–water partition coefficient (Wildman–Crippen LogP) is 10.9. The van der Waals surface area contributed by atoms with Gasteiger partial charge in [0.15, 0.2) is 0 Å². The van der Waals surface area contributed by atoms with E-state index in [1.165, 1.54) is 65.4 Å². The number of fused-ring (bicyclic) bond motifs is 2. The molecule has 0 fully saturated rings. The standard InChI is InChI=1S/C50H52BNOSi2/c1-33-26-34(2)29-37(28-33)51(38-30-35(3)27-36(4)31-38)47-25-24-45-44-23-18-41(32-49(44)53-48-13-11-12-46(47)50(45)48)52(39-14-19-42(20-15-39)54(5,6)7)40-16-21-43(22-17-40)55(8,9)10/h11-32H,1-10H3. The Kier molecular flexibility index (Phi) is 9.30. The number of nitrogens with zero attached hydrogens (tertiary/aromatic N) is 1. The Bertz CT molecular complexity index is 2430. The summed E-state index contributed by atoms with van der Waals surface area (Å²) in [6, 6.07) is 50.5. The van der Waals surface area contributed by atoms with Gasteiger partial charge in [0.25, 0.3) is 0 Å². The summed E-state index contributed by atoms with van der Waals surface area (Å²) in [4.78, 5) is 2.38. The van der Waals surface area contributed by atoms with E-state index in [9.17, 15) is 0 Å². The highest BCUT2D eigenvalue weighted by atomic mass is 28.3. The third-order valence-electron chi connectivity index (χ3n) is 11.2. The molecular formula is C50H52BNOSi2. The third-order valence-corrected chi connectivity index (χ3v) is 15.3. The minimum atomic E-state index is -1.45. The van der Waals surface area contributed by atoms with Crippen molar-refractivity contribution in [1.82, 2.24) is 0 Å². The summed E-state index contributed by atoms with van der Waals surface area (Å²) in [6.45, 7) is 23.3. The van der Waals surface area contributed by atoms with Gasteiger partial charge >= 0.3 is 0 Å². The van der Waals surface area contributed by atoms with Crippen LogP contribution in [0.1, 0.15) is 22.3 Å². The smallest absolute Gasteiger partial charge is 0.242 e. The second-order valence-corrected chi connectivity index (χ2v) is 28.0. The van der Waals surface area contributed by atoms with E-state index >= 15 is 0 Å². The SMILES string of the molecule is Cc1cc(C)cc(B(c2cc(C)cc(C)c2)c2ccc3c4c(cccc24)Oc2cc(N(c4ccc([Si](C)(C)C)cc4)c4ccc([Si](C)(C)C)cc4)ccc2-3)c1. The molecule has 7 aromatic carbocycles. The first-order valence-corrected chi connectivity index (χ1v) is 26.7. The van der Waals surface area contributed by atoms with E-state index in [2.05, 4.69) is 205 Å². The predicted molar refractivity (Wildman–Crippen MR) is 247 cm³/mol. The number of ether oxygens (including phenoxy) is 1. The summed E-state index contributed by atoms with van der Waals surface area (Å²) in [5.41, 5.74) is 14.8. The van der Waals surface area contributed by atoms with Crippen LogP contribution in [0.15, 0.2) is 133 Å². The molecule has 1 heterocycles. The molecule has 0 aliphatic carbocycles. The summed E-state index contributed by atoms with van der Waals surface area (Å²) >= 11 is 0. The fourth-order valence-electron chi connectivity index (χ4n) is 8.61. The quantitative estimate of drug-likeness (QED) is 0.143. The summed E-state index contributed by atoms with van der Waals surface area (Å²) in [5.74, 6) is 1.79. The highest BCUT2D eigenvalue weighted by Crippen LogP contribution is 2.48. The first-order chi connectivity index (χ1) is 26.1. The molecule has 0 saturated heterocycles. The molecule has 0 aromatic heterocycles. The number of anilines is 3. The van der Waals surface area contributed by atoms with E-state index in [4.69, 9.17) is 4.74 Å². The number of hydrogen-bond acceptors (Lipinski definition) is 2. The van der Waals surface area contributed by atoms with Crippen LogP contribution in [0.25, 0.3) is 21.9 Å². The third kappa shape index (κ3) is 7.12. The second kappa shape index (κ2) is 13.9. The van der Waals surface area contributed by atoms with Crippen molar-refractivity contribution in [3.05, 3.63) is 156 Å². The zero-order valence-corrected chi connectivity index (χ0v) is 36.1. The lowest BCUT2D eigenvalue weighted by molar-refractivity contribution is 0.487. The Balaban J connectivity index is 1.26. The van der Waals surface area contributed by atoms with E-state index in [1.54, 1.807) is 0 Å². The number of hydrogen-bond donors (Lipinski definition) is 0. The molecular weight excluding hydrogens is 698 g/mol. The number of aryl methyl sites for hydroxylation is 4. The molecule has 0 N–H and O–H groups in total. The fourth-order valence-corrected chi connectivity index (χ4v) is 10.9. The van der Waals surface area contributed by atoms with Crippen molar-refractivity contribution in [2.75, 3.05) is 4.90 Å². The molecule has 274 valence electrons. The molecule has 0 radical (unpaired) electrons. The molecule has 5 heteroatoms. The van der Waals surface area contributed by atoms with Gasteiger partial charge in [0, 0.05) is 34.1 Å². The zero-order chi connectivity index (χ0) is 38.8. The Hall–Kier alpha value is -5.10. The molecule has 1 aliphatic heterocycles. The monoisotopic (exact) mass is 749 g/mol. The van der Waals surface area contributed by atoms with Gasteiger partial charge in [-0.15, -0.1) is 0 Å². The van der Waals surface area contributed by atoms with Crippen molar-refractivity contribution < 1.29 is 4.74 Å². The van der Waals surface area contributed by atoms with Crippen LogP contribution in [-0.4, -0.2) is 22.9 Å². The number of benzene rings is 7. The highest BCUT2D eigenvalue weighted by molar-refractivity contribution is 6.97. The highest BCUT2D eigenvalue weighted by Gasteiger charge is 2.29. The van der Waals surface area contributed by atoms with Gasteiger partial charge in [-0.25, -0.2) is 0 Å². The van der Waals surface area contributed by atoms with Crippen LogP contribution in [0.2, 0.25) is 39.3 Å². The largest absolute Gasteiger partial charge is 0.456 e. The second-order valence-electron chi connectivity index (χ2n) is 17.9. The fraction of sp³-hybridized carbons (Fsp3) is 0.200. The zero-order valence-electron chi connectivity index (χ0n) is 34.1. The van der Waals surface area contributed by atoms with Gasteiger partial charge in [0.05, 0.1) is 16.1 Å². The molecule has 0 bridgehead atoms. The summed E-state index contributed by atoms with van der Waals surface area (Å²) in [7, 11) is -2.90. The van der Waals surface area contributed by atoms with E-state index < -0.39 is 16.1 Å². The van der Waals surface area contributed by atoms with Gasteiger partial charge in [-0.2, -0.15) is 0 Å². The van der Waals surface area contributed by atoms with Crippen molar-refractivity contribution in [3.63, 3.8) is 0 Å². The van der Waals surface area contributed by atoms with Crippen LogP contribution in [0.4, 0.5) is 17.1 Å². The molecule has 2 nitrogen and oxygen atoms in total. The maximum Gasteiger partial charge on any atom is 0.242 e. The topological polar surface area (TPSA) is 12.5 Å². The maximum atomic E-state index is 6.95. The summed E-state index contributed by atoms with van der Waals surface area (Å²) in [6.07, 6.45) is 0. The Morgan fingerprint density at radius 1 is 0.455 bits per heavy atom. The van der Waals surface area contributed by atoms with E-state index in [0.717, 1.165) is 34.1 Å². The van der Waals surface area contributed by atoms with Crippen molar-refractivity contribution in [3.8, 4) is 22.6 Å². The molecule has 8 rings (SSSR count). The van der Waals surface area contributed by atoms with Gasteiger partial charge in [-0.3, -0.25) is 0 Å². The Morgan fingerprint density at radius 3 is 1.42 bits per heavy atom. The van der Waals surface area contributed by atoms with Crippen LogP contribution < -0.4 is 36.4 Å². The van der Waals surface area contributed by atoms with Gasteiger partial charge in [-0.05, 0) is 81.1 Å². The first-order valence-electron chi connectivity index (χ1n) is 19.7. The molecule has 55 heavy (non-hydrogen) atoms. The van der Waals surface area contributed by atoms with E-state index in [0.29, 0.717) is 0 Å². The van der Waals surface area contributed by atoms with E-state index in [1.807, 2.05) is 0 Å². The minimum absolute atomic E-state index is 0.0820. The van der Waals surface area contributed by atoms with Crippen molar-refractivity contribution in [2.24, 2.45) is 0 Å². The van der Waals surface area contributed by atoms with Gasteiger partial charge in [0.2, 0.25) is 6.71 Å². The van der Waals surface area contributed by atoms with E-state index in [-0.39, 0.29) is 6.71 Å². The maximum absolute atomic E-state index is 6.95. The molecule has 0 amide bonds. The van der Waals surface area contributed by atoms with Gasteiger partial charge in [-0.1, -0.05) is 173 Å². The van der Waals surface area contributed by atoms with Crippen LogP contribution in [0.5, 0.6) is 11.5 Å². The lowest BCUT2D eigenvalue weighted by Gasteiger charge is -2.29. The molecule has 0 saturated carbocycles. The van der Waals surface area contributed by atoms with Gasteiger partial charge < -0.3 is 9.64 Å². The summed E-state index contributed by atoms with van der Waals surface area (Å²) < 4.78 is 6.95. The van der Waals surface area contributed by atoms with Crippen LogP contribution >= 0.6 is 0 Å². The molecule has 1 aliphatic rings. The van der Waals surface area contributed by atoms with Crippen LogP contribution in [-0.2, 0) is 0 Å². The Labute approximate surface area is 331 Å². The molecule has 0 atom stereocenters. The first kappa shape index (κ1) is 36.9. The van der Waals surface area contributed by atoms with Gasteiger partial charge in [0.1, 0.15) is 11.5 Å². The minimum Gasteiger partial charge on any atom is -0.456 e. The molecule has 0 spiro atoms. The molecule has 7 aromatic rings.